The van der Waals surface area contributed by atoms with Crippen molar-refractivity contribution in [1.82, 2.24) is 4.98 Å². The Balaban J connectivity index is 2.12. The Hall–Kier alpha value is -3.21. The van der Waals surface area contributed by atoms with Gasteiger partial charge in [0.1, 0.15) is 0 Å². The minimum Gasteiger partial charge on any atom is -0.493 e. The fraction of sp³-hybridized carbons (Fsp3) is 0.389. The van der Waals surface area contributed by atoms with Crippen LogP contribution in [0.3, 0.4) is 0 Å². The number of hydrogen-bond donors (Lipinski definition) is 1. The van der Waals surface area contributed by atoms with Gasteiger partial charge in [0.05, 0.1) is 43.6 Å². The number of anilines is 1. The molecule has 1 aromatic heterocycles. The first kappa shape index (κ1) is 22.1. The molecule has 0 amide bonds. The molecule has 0 saturated carbocycles. The summed E-state index contributed by atoms with van der Waals surface area (Å²) in [6, 6.07) is 2.95. The van der Waals surface area contributed by atoms with Crippen LogP contribution >= 0.6 is 11.3 Å². The zero-order valence-electron chi connectivity index (χ0n) is 16.3. The lowest BCUT2D eigenvalue weighted by molar-refractivity contribution is -0.386. The Morgan fingerprint density at radius 3 is 2.86 bits per heavy atom. The number of ether oxygens (including phenoxy) is 3. The second-order valence-corrected chi connectivity index (χ2v) is 6.53. The van der Waals surface area contributed by atoms with Crippen molar-refractivity contribution < 1.29 is 23.9 Å². The van der Waals surface area contributed by atoms with Crippen LogP contribution in [0.1, 0.15) is 31.5 Å². The van der Waals surface area contributed by atoms with E-state index in [1.807, 2.05) is 6.92 Å². The van der Waals surface area contributed by atoms with Gasteiger partial charge < -0.3 is 14.2 Å². The quantitative estimate of drug-likeness (QED) is 0.253. The van der Waals surface area contributed by atoms with Crippen LogP contribution in [0.2, 0.25) is 0 Å². The number of nitro groups is 1. The minimum absolute atomic E-state index is 0.0817. The fourth-order valence-electron chi connectivity index (χ4n) is 2.28. The second kappa shape index (κ2) is 11.0. The van der Waals surface area contributed by atoms with E-state index in [4.69, 9.17) is 14.2 Å². The van der Waals surface area contributed by atoms with Crippen molar-refractivity contribution in [3.05, 3.63) is 38.9 Å². The third-order valence-corrected chi connectivity index (χ3v) is 4.28. The lowest BCUT2D eigenvalue weighted by Gasteiger charge is -2.11. The molecule has 2 rings (SSSR count). The Kier molecular flexibility index (Phi) is 8.34. The first-order chi connectivity index (χ1) is 14.0. The SMILES string of the molecule is CCCOc1c(OC)cc(/C=N\Nc2nc(CC(=O)OCC)cs2)cc1[N+](=O)[O-]. The van der Waals surface area contributed by atoms with Gasteiger partial charge in [-0.05, 0) is 19.4 Å². The van der Waals surface area contributed by atoms with Crippen LogP contribution in [-0.2, 0) is 16.0 Å². The summed E-state index contributed by atoms with van der Waals surface area (Å²) in [6.07, 6.45) is 2.20. The lowest BCUT2D eigenvalue weighted by Crippen LogP contribution is -2.07. The van der Waals surface area contributed by atoms with Crippen LogP contribution in [0.5, 0.6) is 11.5 Å². The van der Waals surface area contributed by atoms with Crippen molar-refractivity contribution in [2.24, 2.45) is 5.10 Å². The summed E-state index contributed by atoms with van der Waals surface area (Å²) in [6.45, 7) is 4.30. The van der Waals surface area contributed by atoms with Crippen molar-refractivity contribution in [3.8, 4) is 11.5 Å². The number of nitrogens with one attached hydrogen (secondary N) is 1. The Morgan fingerprint density at radius 1 is 1.41 bits per heavy atom. The van der Waals surface area contributed by atoms with E-state index in [2.05, 4.69) is 15.5 Å². The third kappa shape index (κ3) is 6.42. The van der Waals surface area contributed by atoms with Crippen molar-refractivity contribution >= 4 is 34.3 Å². The van der Waals surface area contributed by atoms with Gasteiger partial charge in [-0.1, -0.05) is 6.92 Å². The number of esters is 1. The number of nitro benzene ring substituents is 1. The van der Waals surface area contributed by atoms with Gasteiger partial charge in [0, 0.05) is 17.0 Å². The summed E-state index contributed by atoms with van der Waals surface area (Å²) in [4.78, 5) is 26.6. The number of methoxy groups -OCH3 is 1. The summed E-state index contributed by atoms with van der Waals surface area (Å²) >= 11 is 1.28. The fourth-order valence-corrected chi connectivity index (χ4v) is 2.94. The number of nitrogens with zero attached hydrogens (tertiary/aromatic N) is 3. The van der Waals surface area contributed by atoms with E-state index in [1.54, 1.807) is 18.4 Å². The Bertz CT molecular complexity index is 883. The molecule has 0 aliphatic carbocycles. The summed E-state index contributed by atoms with van der Waals surface area (Å²) in [5, 5.41) is 17.6. The average Bonchev–Trinajstić information content (AvgIpc) is 3.13. The molecule has 1 heterocycles. The number of rotatable bonds is 11. The molecule has 0 spiro atoms. The molecule has 0 fully saturated rings. The number of carbonyl (C=O) groups is 1. The topological polar surface area (TPSA) is 125 Å². The maximum Gasteiger partial charge on any atom is 0.315 e. The molecule has 0 aliphatic rings. The Morgan fingerprint density at radius 2 is 2.21 bits per heavy atom. The van der Waals surface area contributed by atoms with Gasteiger partial charge in [0.25, 0.3) is 0 Å². The van der Waals surface area contributed by atoms with Gasteiger partial charge in [0.15, 0.2) is 5.75 Å². The van der Waals surface area contributed by atoms with Crippen LogP contribution in [0.15, 0.2) is 22.6 Å². The summed E-state index contributed by atoms with van der Waals surface area (Å²) in [5.74, 6) is -0.00861. The predicted octanol–water partition coefficient (Wildman–Crippen LogP) is 3.40. The number of aromatic nitrogens is 1. The first-order valence-corrected chi connectivity index (χ1v) is 9.74. The normalized spacial score (nSPS) is 10.7. The van der Waals surface area contributed by atoms with E-state index in [0.29, 0.717) is 36.0 Å². The molecule has 0 aliphatic heterocycles. The van der Waals surface area contributed by atoms with Gasteiger partial charge in [0.2, 0.25) is 10.9 Å². The molecule has 29 heavy (non-hydrogen) atoms. The number of hydrazone groups is 1. The zero-order valence-corrected chi connectivity index (χ0v) is 17.2. The van der Waals surface area contributed by atoms with E-state index < -0.39 is 4.92 Å². The smallest absolute Gasteiger partial charge is 0.315 e. The molecule has 0 radical (unpaired) electrons. The molecular weight excluding hydrogens is 400 g/mol. The second-order valence-electron chi connectivity index (χ2n) is 5.67. The number of carbonyl (C=O) groups excluding carboxylic acids is 1. The van der Waals surface area contributed by atoms with Gasteiger partial charge in [-0.15, -0.1) is 11.3 Å². The van der Waals surface area contributed by atoms with Gasteiger partial charge in [-0.2, -0.15) is 5.10 Å². The molecule has 1 aromatic carbocycles. The molecule has 0 atom stereocenters. The first-order valence-electron chi connectivity index (χ1n) is 8.86. The van der Waals surface area contributed by atoms with Gasteiger partial charge in [-0.25, -0.2) is 4.98 Å². The van der Waals surface area contributed by atoms with Crippen molar-refractivity contribution in [2.45, 2.75) is 26.7 Å². The molecule has 1 N–H and O–H groups in total. The lowest BCUT2D eigenvalue weighted by atomic mass is 10.2. The maximum absolute atomic E-state index is 11.5. The largest absolute Gasteiger partial charge is 0.493 e. The summed E-state index contributed by atoms with van der Waals surface area (Å²) in [7, 11) is 1.41. The highest BCUT2D eigenvalue weighted by molar-refractivity contribution is 7.13. The van der Waals surface area contributed by atoms with E-state index >= 15 is 0 Å². The molecule has 0 saturated heterocycles. The predicted molar refractivity (Wildman–Crippen MR) is 109 cm³/mol. The van der Waals surface area contributed by atoms with E-state index in [9.17, 15) is 14.9 Å². The van der Waals surface area contributed by atoms with Gasteiger partial charge >= 0.3 is 11.7 Å². The highest BCUT2D eigenvalue weighted by Gasteiger charge is 2.22. The zero-order chi connectivity index (χ0) is 21.2. The van der Waals surface area contributed by atoms with Crippen LogP contribution in [0.4, 0.5) is 10.8 Å². The van der Waals surface area contributed by atoms with E-state index in [-0.39, 0.29) is 29.6 Å². The van der Waals surface area contributed by atoms with E-state index in [0.717, 1.165) is 0 Å². The summed E-state index contributed by atoms with van der Waals surface area (Å²) in [5.41, 5.74) is 3.56. The molecule has 11 heteroatoms. The van der Waals surface area contributed by atoms with E-state index in [1.165, 1.54) is 30.7 Å². The van der Waals surface area contributed by atoms with Crippen LogP contribution in [-0.4, -0.2) is 42.4 Å². The summed E-state index contributed by atoms with van der Waals surface area (Å²) < 4.78 is 15.6. The molecular formula is C18H22N4O6S. The standard InChI is InChI=1S/C18H22N4O6S/c1-4-6-28-17-14(22(24)25)7-12(8-15(17)26-3)10-19-21-18-20-13(11-29-18)9-16(23)27-5-2/h7-8,10-11H,4-6,9H2,1-3H3,(H,20,21)/b19-10-. The van der Waals surface area contributed by atoms with Gasteiger partial charge in [-0.3, -0.25) is 20.3 Å². The molecule has 156 valence electrons. The molecule has 10 nitrogen and oxygen atoms in total. The van der Waals surface area contributed by atoms with Crippen molar-refractivity contribution in [3.63, 3.8) is 0 Å². The molecule has 0 unspecified atom stereocenters. The third-order valence-electron chi connectivity index (χ3n) is 3.48. The van der Waals surface area contributed by atoms with Crippen molar-refractivity contribution in [2.75, 3.05) is 25.7 Å². The Labute approximate surface area is 171 Å². The minimum atomic E-state index is -0.527. The van der Waals surface area contributed by atoms with Crippen LogP contribution < -0.4 is 14.9 Å². The molecule has 0 bridgehead atoms. The maximum atomic E-state index is 11.5. The number of benzene rings is 1. The monoisotopic (exact) mass is 422 g/mol. The van der Waals surface area contributed by atoms with Crippen LogP contribution in [0, 0.1) is 10.1 Å². The molecule has 2 aromatic rings. The van der Waals surface area contributed by atoms with Crippen molar-refractivity contribution in [1.29, 1.82) is 0 Å². The number of hydrogen-bond acceptors (Lipinski definition) is 10. The highest BCUT2D eigenvalue weighted by Crippen LogP contribution is 2.38. The highest BCUT2D eigenvalue weighted by atomic mass is 32.1. The average molecular weight is 422 g/mol. The van der Waals surface area contributed by atoms with Crippen LogP contribution in [0.25, 0.3) is 0 Å². The number of thiazole rings is 1.